The Kier molecular flexibility index (Phi) is 4.20. The summed E-state index contributed by atoms with van der Waals surface area (Å²) in [7, 11) is 0. The van der Waals surface area contributed by atoms with E-state index in [0.29, 0.717) is 18.5 Å². The molecule has 5 nitrogen and oxygen atoms in total. The Bertz CT molecular complexity index is 999. The molecule has 1 saturated heterocycles. The average Bonchev–Trinajstić information content (AvgIpc) is 3.22. The Balaban J connectivity index is 1.47. The van der Waals surface area contributed by atoms with Crippen molar-refractivity contribution in [2.24, 2.45) is 5.92 Å². The predicted octanol–water partition coefficient (Wildman–Crippen LogP) is 3.86. The second-order valence-electron chi connectivity index (χ2n) is 8.13. The summed E-state index contributed by atoms with van der Waals surface area (Å²) < 4.78 is 0. The van der Waals surface area contributed by atoms with Gasteiger partial charge in [0.25, 0.3) is 5.91 Å². The highest BCUT2D eigenvalue weighted by molar-refractivity contribution is 5.97. The Morgan fingerprint density at radius 3 is 2.82 bits per heavy atom. The van der Waals surface area contributed by atoms with E-state index in [1.165, 1.54) is 0 Å². The number of imidazole rings is 1. The number of fused-ring (bicyclic) bond motifs is 2. The van der Waals surface area contributed by atoms with Crippen LogP contribution in [0.25, 0.3) is 11.0 Å². The SMILES string of the molecule is O=C(c1ccc2nc[nH]c2c1)N1CCC(O)(c2ccccc2)C2CCCCC21. The standard InChI is InChI=1S/C23H25N3O2/c27-22(16-10-11-19-20(14-16)25-15-24-19)26-13-12-23(28,17-6-2-1-3-7-17)18-8-4-5-9-21(18)26/h1-3,6-7,10-11,14-15,18,21,28H,4-5,8-9,12-13H2,(H,24,25). The van der Waals surface area contributed by atoms with Crippen molar-refractivity contribution in [1.82, 2.24) is 14.9 Å². The molecule has 28 heavy (non-hydrogen) atoms. The topological polar surface area (TPSA) is 69.2 Å². The number of carbonyl (C=O) groups is 1. The van der Waals surface area contributed by atoms with E-state index in [1.54, 1.807) is 6.33 Å². The third kappa shape index (κ3) is 2.73. The van der Waals surface area contributed by atoms with Gasteiger partial charge < -0.3 is 15.0 Å². The van der Waals surface area contributed by atoms with Gasteiger partial charge in [-0.15, -0.1) is 0 Å². The summed E-state index contributed by atoms with van der Waals surface area (Å²) in [6.07, 6.45) is 6.36. The van der Waals surface area contributed by atoms with Crippen LogP contribution in [0.5, 0.6) is 0 Å². The third-order valence-corrected chi connectivity index (χ3v) is 6.68. The fourth-order valence-corrected chi connectivity index (χ4v) is 5.26. The second-order valence-corrected chi connectivity index (χ2v) is 8.13. The van der Waals surface area contributed by atoms with Crippen molar-refractivity contribution >= 4 is 16.9 Å². The summed E-state index contributed by atoms with van der Waals surface area (Å²) in [5.74, 6) is 0.140. The molecule has 2 heterocycles. The molecule has 2 fully saturated rings. The number of nitrogens with one attached hydrogen (secondary N) is 1. The second kappa shape index (κ2) is 6.74. The number of H-pyrrole nitrogens is 1. The lowest BCUT2D eigenvalue weighted by Crippen LogP contribution is -2.58. The van der Waals surface area contributed by atoms with Crippen LogP contribution in [0.1, 0.15) is 48.0 Å². The van der Waals surface area contributed by atoms with Crippen molar-refractivity contribution in [2.75, 3.05) is 6.54 Å². The minimum atomic E-state index is -0.851. The molecule has 5 rings (SSSR count). The van der Waals surface area contributed by atoms with Gasteiger partial charge in [-0.25, -0.2) is 4.98 Å². The Labute approximate surface area is 164 Å². The number of aromatic amines is 1. The molecule has 3 atom stereocenters. The highest BCUT2D eigenvalue weighted by Crippen LogP contribution is 2.47. The molecule has 1 saturated carbocycles. The minimum Gasteiger partial charge on any atom is -0.385 e. The number of amides is 1. The first-order valence-electron chi connectivity index (χ1n) is 10.2. The van der Waals surface area contributed by atoms with E-state index in [4.69, 9.17) is 0 Å². The van der Waals surface area contributed by atoms with Crippen LogP contribution in [0, 0.1) is 5.92 Å². The predicted molar refractivity (Wildman–Crippen MR) is 108 cm³/mol. The minimum absolute atomic E-state index is 0.0588. The molecular formula is C23H25N3O2. The van der Waals surface area contributed by atoms with Crippen LogP contribution in [-0.4, -0.2) is 38.5 Å². The molecule has 0 radical (unpaired) electrons. The number of hydrogen-bond donors (Lipinski definition) is 2. The quantitative estimate of drug-likeness (QED) is 0.715. The zero-order chi connectivity index (χ0) is 19.1. The van der Waals surface area contributed by atoms with Gasteiger partial charge in [0, 0.05) is 24.1 Å². The number of hydrogen-bond acceptors (Lipinski definition) is 3. The third-order valence-electron chi connectivity index (χ3n) is 6.68. The van der Waals surface area contributed by atoms with Crippen molar-refractivity contribution in [3.8, 4) is 0 Å². The first kappa shape index (κ1) is 17.4. The van der Waals surface area contributed by atoms with Crippen LogP contribution in [0.4, 0.5) is 0 Å². The number of piperidine rings is 1. The number of nitrogens with zero attached hydrogens (tertiary/aromatic N) is 2. The first-order valence-corrected chi connectivity index (χ1v) is 10.2. The number of aliphatic hydroxyl groups is 1. The average molecular weight is 375 g/mol. The molecule has 0 bridgehead atoms. The maximum atomic E-state index is 13.4. The van der Waals surface area contributed by atoms with Gasteiger partial charge in [-0.2, -0.15) is 0 Å². The van der Waals surface area contributed by atoms with Crippen molar-refractivity contribution in [3.63, 3.8) is 0 Å². The number of carbonyl (C=O) groups excluding carboxylic acids is 1. The Hall–Kier alpha value is -2.66. The molecule has 0 spiro atoms. The van der Waals surface area contributed by atoms with E-state index in [9.17, 15) is 9.90 Å². The lowest BCUT2D eigenvalue weighted by atomic mass is 9.66. The summed E-state index contributed by atoms with van der Waals surface area (Å²) in [5.41, 5.74) is 2.56. The van der Waals surface area contributed by atoms with Gasteiger partial charge in [0.15, 0.2) is 0 Å². The van der Waals surface area contributed by atoms with Gasteiger partial charge in [0.05, 0.1) is 23.0 Å². The molecule has 2 aromatic carbocycles. The van der Waals surface area contributed by atoms with Crippen LogP contribution in [-0.2, 0) is 5.60 Å². The number of benzene rings is 2. The van der Waals surface area contributed by atoms with Crippen molar-refractivity contribution in [1.29, 1.82) is 0 Å². The molecule has 3 unspecified atom stereocenters. The lowest BCUT2D eigenvalue weighted by Gasteiger charge is -2.52. The molecular weight excluding hydrogens is 350 g/mol. The van der Waals surface area contributed by atoms with Gasteiger partial charge in [-0.3, -0.25) is 4.79 Å². The van der Waals surface area contributed by atoms with Crippen LogP contribution in [0.3, 0.4) is 0 Å². The van der Waals surface area contributed by atoms with Gasteiger partial charge in [0.1, 0.15) is 0 Å². The monoisotopic (exact) mass is 375 g/mol. The van der Waals surface area contributed by atoms with Crippen molar-refractivity contribution in [2.45, 2.75) is 43.7 Å². The number of aromatic nitrogens is 2. The highest BCUT2D eigenvalue weighted by atomic mass is 16.3. The van der Waals surface area contributed by atoms with Crippen LogP contribution < -0.4 is 0 Å². The first-order chi connectivity index (χ1) is 13.7. The largest absolute Gasteiger partial charge is 0.385 e. The molecule has 1 aliphatic heterocycles. The zero-order valence-electron chi connectivity index (χ0n) is 15.8. The summed E-state index contributed by atoms with van der Waals surface area (Å²) >= 11 is 0. The van der Waals surface area contributed by atoms with E-state index in [0.717, 1.165) is 42.3 Å². The number of rotatable bonds is 2. The van der Waals surface area contributed by atoms with Gasteiger partial charge in [0.2, 0.25) is 0 Å². The Morgan fingerprint density at radius 1 is 1.14 bits per heavy atom. The van der Waals surface area contributed by atoms with Crippen LogP contribution in [0.15, 0.2) is 54.9 Å². The normalized spacial score (nSPS) is 27.5. The molecule has 1 amide bonds. The maximum Gasteiger partial charge on any atom is 0.254 e. The smallest absolute Gasteiger partial charge is 0.254 e. The van der Waals surface area contributed by atoms with Crippen LogP contribution >= 0.6 is 0 Å². The molecule has 3 aromatic rings. The number of likely N-dealkylation sites (tertiary alicyclic amines) is 1. The van der Waals surface area contributed by atoms with E-state index >= 15 is 0 Å². The van der Waals surface area contributed by atoms with Crippen LogP contribution in [0.2, 0.25) is 0 Å². The molecule has 2 aliphatic rings. The highest BCUT2D eigenvalue weighted by Gasteiger charge is 2.50. The summed E-state index contributed by atoms with van der Waals surface area (Å²) in [6.45, 7) is 0.576. The zero-order valence-corrected chi connectivity index (χ0v) is 15.8. The van der Waals surface area contributed by atoms with E-state index in [-0.39, 0.29) is 17.9 Å². The van der Waals surface area contributed by atoms with Gasteiger partial charge in [-0.05, 0) is 43.0 Å². The molecule has 2 N–H and O–H groups in total. The molecule has 1 aliphatic carbocycles. The fourth-order valence-electron chi connectivity index (χ4n) is 5.26. The van der Waals surface area contributed by atoms with E-state index < -0.39 is 5.60 Å². The molecule has 1 aromatic heterocycles. The summed E-state index contributed by atoms with van der Waals surface area (Å²) in [6, 6.07) is 15.7. The Morgan fingerprint density at radius 2 is 1.96 bits per heavy atom. The van der Waals surface area contributed by atoms with E-state index in [2.05, 4.69) is 9.97 Å². The molecule has 5 heteroatoms. The fraction of sp³-hybridized carbons (Fsp3) is 0.391. The van der Waals surface area contributed by atoms with Crippen molar-refractivity contribution in [3.05, 3.63) is 66.0 Å². The van der Waals surface area contributed by atoms with E-state index in [1.807, 2.05) is 53.4 Å². The van der Waals surface area contributed by atoms with Gasteiger partial charge >= 0.3 is 0 Å². The lowest BCUT2D eigenvalue weighted by molar-refractivity contribution is -0.110. The maximum absolute atomic E-state index is 13.4. The van der Waals surface area contributed by atoms with Gasteiger partial charge in [-0.1, -0.05) is 43.2 Å². The summed E-state index contributed by atoms with van der Waals surface area (Å²) in [4.78, 5) is 22.7. The summed E-state index contributed by atoms with van der Waals surface area (Å²) in [5, 5.41) is 11.7. The van der Waals surface area contributed by atoms with Crippen molar-refractivity contribution < 1.29 is 9.90 Å². The molecule has 144 valence electrons.